The van der Waals surface area contributed by atoms with Gasteiger partial charge in [0.15, 0.2) is 0 Å². The summed E-state index contributed by atoms with van der Waals surface area (Å²) in [6, 6.07) is 8.42. The molecule has 1 aromatic carbocycles. The van der Waals surface area contributed by atoms with Crippen molar-refractivity contribution >= 4 is 5.91 Å². The number of amides is 1. The van der Waals surface area contributed by atoms with E-state index in [1.165, 1.54) is 31.2 Å². The Kier molecular flexibility index (Phi) is 4.09. The number of piperidine rings is 1. The first-order chi connectivity index (χ1) is 9.74. The van der Waals surface area contributed by atoms with Crippen molar-refractivity contribution in [3.63, 3.8) is 0 Å². The molecule has 0 radical (unpaired) electrons. The smallest absolute Gasteiger partial charge is 0.253 e. The lowest BCUT2D eigenvalue weighted by Gasteiger charge is -2.30. The normalized spacial score (nSPS) is 21.4. The van der Waals surface area contributed by atoms with Gasteiger partial charge in [0.1, 0.15) is 0 Å². The van der Waals surface area contributed by atoms with E-state index in [0.29, 0.717) is 0 Å². The van der Waals surface area contributed by atoms with Gasteiger partial charge in [0.25, 0.3) is 5.91 Å². The highest BCUT2D eigenvalue weighted by Crippen LogP contribution is 2.34. The standard InChI is InChI=1S/C18H25NO/c1-14-10-12-19(13-11-14)18(20)17-8-6-16(7-9-17)15-4-2-3-5-15/h6-9,14-15H,2-5,10-13H2,1H3. The van der Waals surface area contributed by atoms with E-state index in [9.17, 15) is 4.79 Å². The molecule has 2 aliphatic rings. The fraction of sp³-hybridized carbons (Fsp3) is 0.611. The zero-order valence-electron chi connectivity index (χ0n) is 12.5. The molecule has 0 unspecified atom stereocenters. The van der Waals surface area contributed by atoms with E-state index in [1.54, 1.807) is 0 Å². The van der Waals surface area contributed by atoms with E-state index < -0.39 is 0 Å². The summed E-state index contributed by atoms with van der Waals surface area (Å²) in [5, 5.41) is 0. The van der Waals surface area contributed by atoms with Crippen LogP contribution in [0, 0.1) is 5.92 Å². The molecular formula is C18H25NO. The van der Waals surface area contributed by atoms with Crippen molar-refractivity contribution in [1.82, 2.24) is 4.90 Å². The van der Waals surface area contributed by atoms with Gasteiger partial charge in [-0.05, 0) is 55.2 Å². The third-order valence-electron chi connectivity index (χ3n) is 5.06. The maximum atomic E-state index is 12.5. The third-order valence-corrected chi connectivity index (χ3v) is 5.06. The maximum Gasteiger partial charge on any atom is 0.253 e. The lowest BCUT2D eigenvalue weighted by molar-refractivity contribution is 0.0697. The van der Waals surface area contributed by atoms with Crippen LogP contribution >= 0.6 is 0 Å². The summed E-state index contributed by atoms with van der Waals surface area (Å²) >= 11 is 0. The molecular weight excluding hydrogens is 246 g/mol. The van der Waals surface area contributed by atoms with Crippen molar-refractivity contribution in [2.24, 2.45) is 5.92 Å². The minimum absolute atomic E-state index is 0.217. The van der Waals surface area contributed by atoms with Crippen LogP contribution in [-0.4, -0.2) is 23.9 Å². The molecule has 1 aromatic rings. The molecule has 0 bridgehead atoms. The Morgan fingerprint density at radius 1 is 1.00 bits per heavy atom. The Morgan fingerprint density at radius 2 is 1.60 bits per heavy atom. The van der Waals surface area contributed by atoms with Crippen LogP contribution in [0.15, 0.2) is 24.3 Å². The molecule has 20 heavy (non-hydrogen) atoms. The van der Waals surface area contributed by atoms with Crippen molar-refractivity contribution in [2.45, 2.75) is 51.4 Å². The highest BCUT2D eigenvalue weighted by atomic mass is 16.2. The molecule has 3 rings (SSSR count). The van der Waals surface area contributed by atoms with Crippen LogP contribution in [0.25, 0.3) is 0 Å². The van der Waals surface area contributed by atoms with Crippen LogP contribution in [-0.2, 0) is 0 Å². The highest BCUT2D eigenvalue weighted by molar-refractivity contribution is 5.94. The van der Waals surface area contributed by atoms with Crippen LogP contribution in [0.3, 0.4) is 0 Å². The molecule has 2 nitrogen and oxygen atoms in total. The summed E-state index contributed by atoms with van der Waals surface area (Å²) in [6.45, 7) is 4.12. The van der Waals surface area contributed by atoms with Crippen molar-refractivity contribution in [1.29, 1.82) is 0 Å². The molecule has 108 valence electrons. The van der Waals surface area contributed by atoms with Gasteiger partial charge in [-0.1, -0.05) is 31.9 Å². The Bertz CT molecular complexity index is 451. The van der Waals surface area contributed by atoms with Crippen LogP contribution < -0.4 is 0 Å². The minimum atomic E-state index is 0.217. The molecule has 2 fully saturated rings. The molecule has 0 spiro atoms. The molecule has 0 N–H and O–H groups in total. The Balaban J connectivity index is 1.66. The first-order valence-corrected chi connectivity index (χ1v) is 8.13. The summed E-state index contributed by atoms with van der Waals surface area (Å²) in [5.41, 5.74) is 2.28. The first-order valence-electron chi connectivity index (χ1n) is 8.13. The third kappa shape index (κ3) is 2.89. The predicted octanol–water partition coefficient (Wildman–Crippen LogP) is 4.22. The Labute approximate surface area is 122 Å². The number of hydrogen-bond donors (Lipinski definition) is 0. The van der Waals surface area contributed by atoms with Crippen molar-refractivity contribution in [3.05, 3.63) is 35.4 Å². The van der Waals surface area contributed by atoms with E-state index in [2.05, 4.69) is 19.1 Å². The molecule has 0 atom stereocenters. The summed E-state index contributed by atoms with van der Waals surface area (Å²) in [5.74, 6) is 1.72. The average Bonchev–Trinajstić information content (AvgIpc) is 3.02. The topological polar surface area (TPSA) is 20.3 Å². The molecule has 2 heteroatoms. The van der Waals surface area contributed by atoms with Gasteiger partial charge in [0.2, 0.25) is 0 Å². The van der Waals surface area contributed by atoms with E-state index in [0.717, 1.165) is 43.3 Å². The number of carbonyl (C=O) groups is 1. The molecule has 0 aromatic heterocycles. The van der Waals surface area contributed by atoms with Gasteiger partial charge in [0, 0.05) is 18.7 Å². The second-order valence-electron chi connectivity index (χ2n) is 6.58. The van der Waals surface area contributed by atoms with Gasteiger partial charge >= 0.3 is 0 Å². The number of benzene rings is 1. The number of likely N-dealkylation sites (tertiary alicyclic amines) is 1. The Morgan fingerprint density at radius 3 is 2.20 bits per heavy atom. The number of rotatable bonds is 2. The van der Waals surface area contributed by atoms with Crippen molar-refractivity contribution < 1.29 is 4.79 Å². The minimum Gasteiger partial charge on any atom is -0.339 e. The first kappa shape index (κ1) is 13.7. The molecule has 1 amide bonds. The van der Waals surface area contributed by atoms with Crippen LogP contribution in [0.2, 0.25) is 0 Å². The van der Waals surface area contributed by atoms with E-state index >= 15 is 0 Å². The fourth-order valence-electron chi connectivity index (χ4n) is 3.55. The molecule has 1 aliphatic heterocycles. The lowest BCUT2D eigenvalue weighted by atomic mass is 9.95. The second-order valence-corrected chi connectivity index (χ2v) is 6.58. The van der Waals surface area contributed by atoms with Gasteiger partial charge in [-0.15, -0.1) is 0 Å². The largest absolute Gasteiger partial charge is 0.339 e. The number of nitrogens with zero attached hydrogens (tertiary/aromatic N) is 1. The molecule has 1 aliphatic carbocycles. The number of hydrogen-bond acceptors (Lipinski definition) is 1. The monoisotopic (exact) mass is 271 g/mol. The van der Waals surface area contributed by atoms with E-state index in [4.69, 9.17) is 0 Å². The molecule has 1 saturated carbocycles. The summed E-state index contributed by atoms with van der Waals surface area (Å²) in [7, 11) is 0. The van der Waals surface area contributed by atoms with Crippen molar-refractivity contribution in [3.8, 4) is 0 Å². The number of carbonyl (C=O) groups excluding carboxylic acids is 1. The van der Waals surface area contributed by atoms with E-state index in [1.807, 2.05) is 17.0 Å². The molecule has 1 saturated heterocycles. The van der Waals surface area contributed by atoms with Gasteiger partial charge in [0.05, 0.1) is 0 Å². The van der Waals surface area contributed by atoms with Gasteiger partial charge in [-0.2, -0.15) is 0 Å². The predicted molar refractivity (Wildman–Crippen MR) is 82.0 cm³/mol. The van der Waals surface area contributed by atoms with Crippen LogP contribution in [0.4, 0.5) is 0 Å². The summed E-state index contributed by atoms with van der Waals surface area (Å²) in [6.07, 6.45) is 7.64. The summed E-state index contributed by atoms with van der Waals surface area (Å²) in [4.78, 5) is 14.5. The van der Waals surface area contributed by atoms with Crippen LogP contribution in [0.5, 0.6) is 0 Å². The van der Waals surface area contributed by atoms with Crippen LogP contribution in [0.1, 0.15) is 67.3 Å². The second kappa shape index (κ2) is 5.99. The zero-order chi connectivity index (χ0) is 13.9. The quantitative estimate of drug-likeness (QED) is 0.788. The zero-order valence-corrected chi connectivity index (χ0v) is 12.5. The lowest BCUT2D eigenvalue weighted by Crippen LogP contribution is -2.37. The highest BCUT2D eigenvalue weighted by Gasteiger charge is 2.22. The van der Waals surface area contributed by atoms with Gasteiger partial charge in [-0.3, -0.25) is 4.79 Å². The average molecular weight is 271 g/mol. The fourth-order valence-corrected chi connectivity index (χ4v) is 3.55. The molecule has 1 heterocycles. The summed E-state index contributed by atoms with van der Waals surface area (Å²) < 4.78 is 0. The SMILES string of the molecule is CC1CCN(C(=O)c2ccc(C3CCCC3)cc2)CC1. The maximum absolute atomic E-state index is 12.5. The van der Waals surface area contributed by atoms with E-state index in [-0.39, 0.29) is 5.91 Å². The van der Waals surface area contributed by atoms with Gasteiger partial charge < -0.3 is 4.90 Å². The van der Waals surface area contributed by atoms with Gasteiger partial charge in [-0.25, -0.2) is 0 Å². The Hall–Kier alpha value is -1.31. The van der Waals surface area contributed by atoms with Crippen molar-refractivity contribution in [2.75, 3.05) is 13.1 Å².